The lowest BCUT2D eigenvalue weighted by molar-refractivity contribution is -0.132. The van der Waals surface area contributed by atoms with Crippen molar-refractivity contribution in [3.8, 4) is 0 Å². The molecule has 1 heterocycles. The predicted molar refractivity (Wildman–Crippen MR) is 117 cm³/mol. The van der Waals surface area contributed by atoms with Crippen LogP contribution in [0.15, 0.2) is 48.5 Å². The number of nitrogens with zero attached hydrogens (tertiary/aromatic N) is 2. The van der Waals surface area contributed by atoms with Gasteiger partial charge in [0.05, 0.1) is 11.9 Å². The first-order valence-corrected chi connectivity index (χ1v) is 12.3. The van der Waals surface area contributed by atoms with E-state index in [2.05, 4.69) is 12.1 Å². The van der Waals surface area contributed by atoms with Crippen LogP contribution in [-0.4, -0.2) is 45.1 Å². The molecule has 1 aliphatic heterocycles. The summed E-state index contributed by atoms with van der Waals surface area (Å²) < 4.78 is 51.9. The summed E-state index contributed by atoms with van der Waals surface area (Å²) in [5.41, 5.74) is 1.36. The zero-order valence-electron chi connectivity index (χ0n) is 17.6. The van der Waals surface area contributed by atoms with Crippen LogP contribution >= 0.6 is 0 Å². The molecule has 0 spiro atoms. The highest BCUT2D eigenvalue weighted by atomic mass is 32.2. The molecule has 1 amide bonds. The number of sulfonamides is 1. The summed E-state index contributed by atoms with van der Waals surface area (Å²) in [6.07, 6.45) is 4.43. The van der Waals surface area contributed by atoms with Gasteiger partial charge in [-0.05, 0) is 49.3 Å². The molecule has 1 aliphatic rings. The summed E-state index contributed by atoms with van der Waals surface area (Å²) >= 11 is 0. The van der Waals surface area contributed by atoms with Gasteiger partial charge < -0.3 is 4.90 Å². The topological polar surface area (TPSA) is 57.7 Å². The second kappa shape index (κ2) is 10.2. The molecular formula is C23H28F2N2O3S. The maximum absolute atomic E-state index is 13.5. The molecule has 3 rings (SSSR count). The summed E-state index contributed by atoms with van der Waals surface area (Å²) in [6, 6.07) is 13.3. The van der Waals surface area contributed by atoms with Crippen LogP contribution < -0.4 is 4.31 Å². The predicted octanol–water partition coefficient (Wildman–Crippen LogP) is 3.99. The standard InChI is InChI=1S/C23H28F2N2O3S/c1-31(29,30)27(20-9-10-21(24)22(25)17-20)13-5-8-23(28)26-14-11-19(12-15-26)16-18-6-3-2-4-7-18/h2-4,6-7,9-10,17,19H,5,8,11-16H2,1H3. The van der Waals surface area contributed by atoms with Crippen molar-refractivity contribution < 1.29 is 22.0 Å². The quantitative estimate of drug-likeness (QED) is 0.611. The van der Waals surface area contributed by atoms with Crippen LogP contribution in [0.25, 0.3) is 0 Å². The normalized spacial score (nSPS) is 15.1. The van der Waals surface area contributed by atoms with E-state index in [-0.39, 0.29) is 24.6 Å². The number of rotatable bonds is 8. The van der Waals surface area contributed by atoms with Crippen molar-refractivity contribution in [2.75, 3.05) is 30.2 Å². The third kappa shape index (κ3) is 6.50. The van der Waals surface area contributed by atoms with Crippen LogP contribution in [0.5, 0.6) is 0 Å². The molecule has 0 N–H and O–H groups in total. The average molecular weight is 451 g/mol. The molecule has 0 atom stereocenters. The molecule has 2 aromatic carbocycles. The van der Waals surface area contributed by atoms with Crippen LogP contribution in [0.3, 0.4) is 0 Å². The van der Waals surface area contributed by atoms with Crippen LogP contribution in [0, 0.1) is 17.6 Å². The largest absolute Gasteiger partial charge is 0.343 e. The summed E-state index contributed by atoms with van der Waals surface area (Å²) in [5.74, 6) is -1.60. The molecule has 0 radical (unpaired) electrons. The Hall–Kier alpha value is -2.48. The van der Waals surface area contributed by atoms with E-state index >= 15 is 0 Å². The summed E-state index contributed by atoms with van der Waals surface area (Å²) in [6.45, 7) is 1.44. The van der Waals surface area contributed by atoms with E-state index in [1.54, 1.807) is 0 Å². The first kappa shape index (κ1) is 23.2. The number of hydrogen-bond acceptors (Lipinski definition) is 3. The van der Waals surface area contributed by atoms with Gasteiger partial charge in [-0.25, -0.2) is 17.2 Å². The molecule has 5 nitrogen and oxygen atoms in total. The van der Waals surface area contributed by atoms with Gasteiger partial charge in [-0.2, -0.15) is 0 Å². The summed E-state index contributed by atoms with van der Waals surface area (Å²) in [4.78, 5) is 14.4. The molecule has 8 heteroatoms. The lowest BCUT2D eigenvalue weighted by Gasteiger charge is -2.32. The fraction of sp³-hybridized carbons (Fsp3) is 0.435. The summed E-state index contributed by atoms with van der Waals surface area (Å²) in [7, 11) is -3.69. The molecule has 2 aromatic rings. The average Bonchev–Trinajstić information content (AvgIpc) is 2.73. The van der Waals surface area contributed by atoms with E-state index in [9.17, 15) is 22.0 Å². The Balaban J connectivity index is 1.49. The second-order valence-electron chi connectivity index (χ2n) is 8.05. The molecule has 168 valence electrons. The molecule has 0 aliphatic carbocycles. The van der Waals surface area contributed by atoms with Crippen molar-refractivity contribution in [2.45, 2.75) is 32.1 Å². The molecule has 1 fully saturated rings. The lowest BCUT2D eigenvalue weighted by atomic mass is 9.90. The van der Waals surface area contributed by atoms with Crippen molar-refractivity contribution in [1.29, 1.82) is 0 Å². The Bertz CT molecular complexity index is 991. The molecule has 0 unspecified atom stereocenters. The van der Waals surface area contributed by atoms with Gasteiger partial charge >= 0.3 is 0 Å². The van der Waals surface area contributed by atoms with Crippen LogP contribution in [0.2, 0.25) is 0 Å². The van der Waals surface area contributed by atoms with Gasteiger partial charge in [0.25, 0.3) is 0 Å². The van der Waals surface area contributed by atoms with Gasteiger partial charge in [0.2, 0.25) is 15.9 Å². The number of carbonyl (C=O) groups is 1. The van der Waals surface area contributed by atoms with Gasteiger partial charge in [0.15, 0.2) is 11.6 Å². The van der Waals surface area contributed by atoms with Crippen LogP contribution in [0.4, 0.5) is 14.5 Å². The van der Waals surface area contributed by atoms with Crippen LogP contribution in [-0.2, 0) is 21.2 Å². The highest BCUT2D eigenvalue weighted by molar-refractivity contribution is 7.92. The monoisotopic (exact) mass is 450 g/mol. The van der Waals surface area contributed by atoms with Gasteiger partial charge in [-0.3, -0.25) is 9.10 Å². The molecule has 0 bridgehead atoms. The Morgan fingerprint density at radius 1 is 1.06 bits per heavy atom. The first-order chi connectivity index (χ1) is 14.7. The number of carbonyl (C=O) groups excluding carboxylic acids is 1. The molecule has 31 heavy (non-hydrogen) atoms. The number of halogens is 2. The SMILES string of the molecule is CS(=O)(=O)N(CCCC(=O)N1CCC(Cc2ccccc2)CC1)c1ccc(F)c(F)c1. The van der Waals surface area contributed by atoms with Crippen molar-refractivity contribution in [1.82, 2.24) is 4.90 Å². The smallest absolute Gasteiger partial charge is 0.232 e. The highest BCUT2D eigenvalue weighted by Crippen LogP contribution is 2.23. The number of hydrogen-bond donors (Lipinski definition) is 0. The minimum absolute atomic E-state index is 0.00287. The Kier molecular flexibility index (Phi) is 7.64. The van der Waals surface area contributed by atoms with E-state index in [1.165, 1.54) is 11.6 Å². The lowest BCUT2D eigenvalue weighted by Crippen LogP contribution is -2.39. The Morgan fingerprint density at radius 3 is 2.35 bits per heavy atom. The number of benzene rings is 2. The van der Waals surface area contributed by atoms with Crippen molar-refractivity contribution in [2.24, 2.45) is 5.92 Å². The number of piperidine rings is 1. The van der Waals surface area contributed by atoms with E-state index in [0.717, 1.165) is 42.0 Å². The first-order valence-electron chi connectivity index (χ1n) is 10.5. The van der Waals surface area contributed by atoms with Gasteiger partial charge in [0.1, 0.15) is 0 Å². The number of anilines is 1. The third-order valence-corrected chi connectivity index (χ3v) is 6.87. The Labute approximate surface area is 182 Å². The zero-order valence-corrected chi connectivity index (χ0v) is 18.5. The van der Waals surface area contributed by atoms with Crippen LogP contribution in [0.1, 0.15) is 31.2 Å². The molecule has 0 saturated carbocycles. The van der Waals surface area contributed by atoms with E-state index in [0.29, 0.717) is 25.4 Å². The summed E-state index contributed by atoms with van der Waals surface area (Å²) in [5, 5.41) is 0. The van der Waals surface area contributed by atoms with Crippen molar-refractivity contribution >= 4 is 21.6 Å². The van der Waals surface area contributed by atoms with Gasteiger partial charge in [-0.15, -0.1) is 0 Å². The Morgan fingerprint density at radius 2 is 1.74 bits per heavy atom. The molecule has 0 aromatic heterocycles. The maximum Gasteiger partial charge on any atom is 0.232 e. The molecular weight excluding hydrogens is 422 g/mol. The second-order valence-corrected chi connectivity index (χ2v) is 9.96. The zero-order chi connectivity index (χ0) is 22.4. The van der Waals surface area contributed by atoms with E-state index < -0.39 is 21.7 Å². The molecule has 1 saturated heterocycles. The van der Waals surface area contributed by atoms with Crippen molar-refractivity contribution in [3.05, 3.63) is 65.7 Å². The number of amides is 1. The minimum Gasteiger partial charge on any atom is -0.343 e. The fourth-order valence-corrected chi connectivity index (χ4v) is 4.95. The third-order valence-electron chi connectivity index (χ3n) is 5.68. The highest BCUT2D eigenvalue weighted by Gasteiger charge is 2.24. The van der Waals surface area contributed by atoms with Crippen molar-refractivity contribution in [3.63, 3.8) is 0 Å². The van der Waals surface area contributed by atoms with Gasteiger partial charge in [0, 0.05) is 32.1 Å². The minimum atomic E-state index is -3.69. The fourth-order valence-electron chi connectivity index (χ4n) is 3.99. The maximum atomic E-state index is 13.5. The van der Waals surface area contributed by atoms with E-state index in [4.69, 9.17) is 0 Å². The number of likely N-dealkylation sites (tertiary alicyclic amines) is 1. The van der Waals surface area contributed by atoms with Gasteiger partial charge in [-0.1, -0.05) is 30.3 Å². The van der Waals surface area contributed by atoms with E-state index in [1.807, 2.05) is 23.1 Å².